The van der Waals surface area contributed by atoms with Crippen molar-refractivity contribution in [3.05, 3.63) is 110 Å². The van der Waals surface area contributed by atoms with E-state index in [0.29, 0.717) is 53.8 Å². The lowest BCUT2D eigenvalue weighted by molar-refractivity contribution is 0.0732. The normalized spacial score (nSPS) is 12.9. The van der Waals surface area contributed by atoms with Crippen molar-refractivity contribution in [3.8, 4) is 5.69 Å². The number of hydrogen-bond donors (Lipinski definition) is 2. The molecule has 272 valence electrons. The summed E-state index contributed by atoms with van der Waals surface area (Å²) in [6.45, 7) is 7.77. The maximum absolute atomic E-state index is 14.4. The molecule has 0 fully saturated rings. The van der Waals surface area contributed by atoms with E-state index in [2.05, 4.69) is 44.6 Å². The van der Waals surface area contributed by atoms with Crippen molar-refractivity contribution >= 4 is 66.2 Å². The molecule has 1 aliphatic rings. The Bertz CT molecular complexity index is 2280. The number of nitrogens with one attached hydrogen (secondary N) is 2. The van der Waals surface area contributed by atoms with Crippen LogP contribution in [0.4, 0.5) is 0 Å². The van der Waals surface area contributed by atoms with Crippen LogP contribution in [-0.4, -0.2) is 70.3 Å². The van der Waals surface area contributed by atoms with E-state index in [9.17, 15) is 22.8 Å². The highest BCUT2D eigenvalue weighted by molar-refractivity contribution is 9.10. The third-order valence-electron chi connectivity index (χ3n) is 9.37. The number of nitrogens with zero attached hydrogens (tertiary/aromatic N) is 4. The van der Waals surface area contributed by atoms with Crippen molar-refractivity contribution in [2.75, 3.05) is 19.6 Å². The Kier molecular flexibility index (Phi) is 11.2. The van der Waals surface area contributed by atoms with Gasteiger partial charge in [0.05, 0.1) is 26.9 Å². The highest BCUT2D eigenvalue weighted by atomic mass is 79.9. The first-order chi connectivity index (χ1) is 24.9. The zero-order chi connectivity index (χ0) is 37.2. The number of fused-ring (bicyclic) bond motifs is 2. The number of unbranched alkanes of at least 4 members (excludes halogenated alkanes) is 2. The smallest absolute Gasteiger partial charge is 0.275 e. The van der Waals surface area contributed by atoms with Gasteiger partial charge >= 0.3 is 0 Å². The molecule has 2 N–H and O–H groups in total. The van der Waals surface area contributed by atoms with Gasteiger partial charge in [0.1, 0.15) is 0 Å². The Morgan fingerprint density at radius 2 is 1.71 bits per heavy atom. The number of aromatic amines is 1. The Labute approximate surface area is 316 Å². The highest BCUT2D eigenvalue weighted by Gasteiger charge is 2.30. The Hall–Kier alpha value is -4.46. The minimum absolute atomic E-state index is 0.0468. The van der Waals surface area contributed by atoms with Crippen LogP contribution in [0.15, 0.2) is 76.2 Å². The molecule has 3 amide bonds. The van der Waals surface area contributed by atoms with Crippen molar-refractivity contribution in [2.45, 2.75) is 64.3 Å². The molecule has 0 saturated carbocycles. The first kappa shape index (κ1) is 37.3. The van der Waals surface area contributed by atoms with Crippen LogP contribution >= 0.6 is 27.5 Å². The number of carbonyl (C=O) groups excluding carboxylic acids is 3. The van der Waals surface area contributed by atoms with Crippen molar-refractivity contribution < 1.29 is 22.8 Å². The second-order valence-electron chi connectivity index (χ2n) is 12.9. The third kappa shape index (κ3) is 7.53. The molecule has 52 heavy (non-hydrogen) atoms. The van der Waals surface area contributed by atoms with E-state index in [1.165, 1.54) is 35.0 Å². The number of carbonyl (C=O) groups is 3. The number of hydrogen-bond acceptors (Lipinski definition) is 6. The molecule has 0 spiro atoms. The molecule has 0 unspecified atom stereocenters. The van der Waals surface area contributed by atoms with Gasteiger partial charge in [0, 0.05) is 53.3 Å². The Balaban J connectivity index is 1.38. The van der Waals surface area contributed by atoms with Crippen LogP contribution in [-0.2, 0) is 23.0 Å². The summed E-state index contributed by atoms with van der Waals surface area (Å²) in [7, 11) is -4.29. The molecule has 14 heteroatoms. The molecular weight excluding hydrogens is 768 g/mol. The van der Waals surface area contributed by atoms with Gasteiger partial charge in [0.15, 0.2) is 5.69 Å². The number of halogens is 2. The van der Waals surface area contributed by atoms with Crippen molar-refractivity contribution in [2.24, 2.45) is 0 Å². The molecular formula is C38H40BrClN6O5S. The number of rotatable bonds is 12. The number of H-pyrrole nitrogens is 1. The predicted octanol–water partition coefficient (Wildman–Crippen LogP) is 7.44. The van der Waals surface area contributed by atoms with E-state index < -0.39 is 15.9 Å². The molecule has 0 atom stereocenters. The summed E-state index contributed by atoms with van der Waals surface area (Å²) in [4.78, 5) is 48.2. The molecule has 0 aliphatic carbocycles. The molecule has 3 aromatic carbocycles. The molecule has 3 heterocycles. The van der Waals surface area contributed by atoms with Gasteiger partial charge in [-0.2, -0.15) is 5.10 Å². The average Bonchev–Trinajstić information content (AvgIpc) is 3.67. The number of aromatic nitrogens is 3. The van der Waals surface area contributed by atoms with E-state index in [1.54, 1.807) is 29.0 Å². The second kappa shape index (κ2) is 15.6. The monoisotopic (exact) mass is 806 g/mol. The summed E-state index contributed by atoms with van der Waals surface area (Å²) in [5.74, 6) is -1.58. The van der Waals surface area contributed by atoms with Crippen LogP contribution in [0.3, 0.4) is 0 Å². The van der Waals surface area contributed by atoms with Crippen molar-refractivity contribution in [1.29, 1.82) is 0 Å². The van der Waals surface area contributed by atoms with Gasteiger partial charge in [0.25, 0.3) is 27.7 Å². The number of sulfonamides is 1. The summed E-state index contributed by atoms with van der Waals surface area (Å²) >= 11 is 10.2. The molecule has 0 radical (unpaired) electrons. The molecule has 1 aliphatic heterocycles. The van der Waals surface area contributed by atoms with Gasteiger partial charge in [-0.25, -0.2) is 17.8 Å². The van der Waals surface area contributed by atoms with Gasteiger partial charge in [0.2, 0.25) is 0 Å². The first-order valence-electron chi connectivity index (χ1n) is 17.3. The van der Waals surface area contributed by atoms with Crippen molar-refractivity contribution in [3.63, 3.8) is 0 Å². The molecule has 0 saturated heterocycles. The van der Waals surface area contributed by atoms with E-state index in [4.69, 9.17) is 11.6 Å². The molecule has 5 aromatic rings. The van der Waals surface area contributed by atoms with Crippen LogP contribution in [0.25, 0.3) is 16.6 Å². The van der Waals surface area contributed by atoms with Gasteiger partial charge < -0.3 is 14.8 Å². The lowest BCUT2D eigenvalue weighted by Gasteiger charge is -2.29. The minimum atomic E-state index is -4.29. The van der Waals surface area contributed by atoms with E-state index in [0.717, 1.165) is 42.3 Å². The summed E-state index contributed by atoms with van der Waals surface area (Å²) in [5, 5.41) is 5.47. The predicted molar refractivity (Wildman–Crippen MR) is 205 cm³/mol. The van der Waals surface area contributed by atoms with Crippen LogP contribution in [0.5, 0.6) is 0 Å². The van der Waals surface area contributed by atoms with Gasteiger partial charge in [-0.05, 0) is 89.6 Å². The summed E-state index contributed by atoms with van der Waals surface area (Å²) in [6, 6.07) is 16.7. The zero-order valence-electron chi connectivity index (χ0n) is 29.2. The van der Waals surface area contributed by atoms with Crippen molar-refractivity contribution in [1.82, 2.24) is 29.3 Å². The van der Waals surface area contributed by atoms with Gasteiger partial charge in [-0.3, -0.25) is 14.4 Å². The fourth-order valence-corrected chi connectivity index (χ4v) is 8.00. The van der Waals surface area contributed by atoms with Crippen LogP contribution in [0.1, 0.15) is 87.6 Å². The molecule has 0 bridgehead atoms. The Morgan fingerprint density at radius 3 is 2.42 bits per heavy atom. The summed E-state index contributed by atoms with van der Waals surface area (Å²) in [5.41, 5.74) is 3.79. The van der Waals surface area contributed by atoms with Crippen LogP contribution in [0, 0.1) is 6.92 Å². The van der Waals surface area contributed by atoms with E-state index in [-0.39, 0.29) is 38.6 Å². The third-order valence-corrected chi connectivity index (χ3v) is 11.8. The summed E-state index contributed by atoms with van der Waals surface area (Å²) < 4.78 is 31.1. The average molecular weight is 808 g/mol. The number of amides is 3. The highest BCUT2D eigenvalue weighted by Crippen LogP contribution is 2.30. The first-order valence-corrected chi connectivity index (χ1v) is 20.0. The summed E-state index contributed by atoms with van der Waals surface area (Å²) in [6.07, 6.45) is 5.86. The van der Waals surface area contributed by atoms with Crippen LogP contribution < -0.4 is 4.72 Å². The van der Waals surface area contributed by atoms with Crippen LogP contribution in [0.2, 0.25) is 5.02 Å². The molecule has 6 rings (SSSR count). The topological polar surface area (TPSA) is 137 Å². The fraction of sp³-hybridized carbons (Fsp3) is 0.316. The largest absolute Gasteiger partial charge is 0.360 e. The van der Waals surface area contributed by atoms with E-state index >= 15 is 0 Å². The second-order valence-corrected chi connectivity index (χ2v) is 15.8. The molecule has 11 nitrogen and oxygen atoms in total. The SMILES string of the molecule is CCCCN(CCCC)C(=O)c1nn(-c2ccc(C(=O)NS(=O)(=O)c3ccc4[nH]cc(Br)c4c3)cc2C(=O)N2CCc3ccccc3C2)c(C)c1Cl. The maximum atomic E-state index is 14.4. The minimum Gasteiger partial charge on any atom is -0.360 e. The Morgan fingerprint density at radius 1 is 1.00 bits per heavy atom. The zero-order valence-corrected chi connectivity index (χ0v) is 32.4. The van der Waals surface area contributed by atoms with Gasteiger partial charge in [-0.1, -0.05) is 62.6 Å². The maximum Gasteiger partial charge on any atom is 0.275 e. The lowest BCUT2D eigenvalue weighted by Crippen LogP contribution is -2.37. The quantitative estimate of drug-likeness (QED) is 0.135. The van der Waals surface area contributed by atoms with E-state index in [1.807, 2.05) is 24.3 Å². The molecule has 2 aromatic heterocycles. The fourth-order valence-electron chi connectivity index (χ4n) is 6.36. The number of benzene rings is 3. The van der Waals surface area contributed by atoms with Gasteiger partial charge in [-0.15, -0.1) is 0 Å². The lowest BCUT2D eigenvalue weighted by atomic mass is 9.98. The standard InChI is InChI=1S/C38H40BrClN6O5S/c1-4-6-17-44(18-7-5-2)38(49)35-34(40)24(3)46(42-35)33-15-12-26(20-30(33)37(48)45-19-16-25-10-8-9-11-27(25)23-45)36(47)43-52(50,51)28-13-14-32-29(21-28)31(39)22-41-32/h8-15,20-22,41H,4-7,16-19,23H2,1-3H3,(H,43,47).